The third-order valence-corrected chi connectivity index (χ3v) is 3.24. The zero-order valence-electron chi connectivity index (χ0n) is 13.3. The van der Waals surface area contributed by atoms with E-state index in [4.69, 9.17) is 9.47 Å². The lowest BCUT2D eigenvalue weighted by molar-refractivity contribution is -0.121. The van der Waals surface area contributed by atoms with Gasteiger partial charge in [0.1, 0.15) is 17.3 Å². The van der Waals surface area contributed by atoms with Gasteiger partial charge < -0.3 is 9.47 Å². The summed E-state index contributed by atoms with van der Waals surface area (Å²) in [7, 11) is 2.92. The average Bonchev–Trinajstić information content (AvgIpc) is 2.61. The normalized spacial score (nSPS) is 9.96. The summed E-state index contributed by atoms with van der Waals surface area (Å²) in [5.41, 5.74) is 5.46. The number of benzene rings is 2. The molecule has 0 aliphatic carbocycles. The van der Waals surface area contributed by atoms with Gasteiger partial charge in [-0.25, -0.2) is 4.39 Å². The van der Waals surface area contributed by atoms with E-state index in [9.17, 15) is 14.0 Å². The number of rotatable bonds is 5. The number of hydrogen-bond acceptors (Lipinski definition) is 4. The highest BCUT2D eigenvalue weighted by Gasteiger charge is 2.14. The quantitative estimate of drug-likeness (QED) is 0.819. The van der Waals surface area contributed by atoms with Crippen LogP contribution in [-0.4, -0.2) is 26.0 Å². The molecule has 0 aliphatic heterocycles. The van der Waals surface area contributed by atoms with Crippen LogP contribution in [0.15, 0.2) is 42.5 Å². The Morgan fingerprint density at radius 2 is 1.71 bits per heavy atom. The van der Waals surface area contributed by atoms with Crippen LogP contribution in [0.4, 0.5) is 4.39 Å². The molecule has 6 nitrogen and oxygen atoms in total. The number of hydrogen-bond donors (Lipinski definition) is 2. The van der Waals surface area contributed by atoms with Crippen molar-refractivity contribution < 1.29 is 23.5 Å². The summed E-state index contributed by atoms with van der Waals surface area (Å²) in [6, 6.07) is 10.3. The maximum atomic E-state index is 12.8. The molecule has 0 heterocycles. The summed E-state index contributed by atoms with van der Waals surface area (Å²) < 4.78 is 23.0. The molecule has 0 aromatic heterocycles. The van der Waals surface area contributed by atoms with Crippen LogP contribution >= 0.6 is 0 Å². The lowest BCUT2D eigenvalue weighted by atomic mass is 10.1. The smallest absolute Gasteiger partial charge is 0.273 e. The van der Waals surface area contributed by atoms with Gasteiger partial charge in [-0.3, -0.25) is 20.4 Å². The third-order valence-electron chi connectivity index (χ3n) is 3.24. The summed E-state index contributed by atoms with van der Waals surface area (Å²) in [4.78, 5) is 24.0. The molecule has 0 aliphatic rings. The number of amides is 2. The predicted octanol–water partition coefficient (Wildman–Crippen LogP) is 1.85. The van der Waals surface area contributed by atoms with Crippen LogP contribution in [0, 0.1) is 5.82 Å². The van der Waals surface area contributed by atoms with Crippen molar-refractivity contribution in [1.29, 1.82) is 0 Å². The second kappa shape index (κ2) is 7.96. The summed E-state index contributed by atoms with van der Waals surface area (Å²) in [5, 5.41) is 0. The molecule has 2 aromatic rings. The number of halogens is 1. The molecular formula is C17H17FN2O4. The molecule has 0 bridgehead atoms. The zero-order chi connectivity index (χ0) is 17.5. The van der Waals surface area contributed by atoms with Gasteiger partial charge in [0.2, 0.25) is 5.91 Å². The molecular weight excluding hydrogens is 315 g/mol. The van der Waals surface area contributed by atoms with E-state index in [1.54, 1.807) is 12.1 Å². The van der Waals surface area contributed by atoms with Gasteiger partial charge in [0.25, 0.3) is 5.91 Å². The molecule has 0 saturated heterocycles. The van der Waals surface area contributed by atoms with Crippen molar-refractivity contribution in [1.82, 2.24) is 10.9 Å². The Hall–Kier alpha value is -3.09. The van der Waals surface area contributed by atoms with Gasteiger partial charge in [-0.1, -0.05) is 12.1 Å². The molecule has 0 radical (unpaired) electrons. The summed E-state index contributed by atoms with van der Waals surface area (Å²) in [6.45, 7) is 0. The van der Waals surface area contributed by atoms with Crippen LogP contribution < -0.4 is 20.3 Å². The maximum absolute atomic E-state index is 12.8. The van der Waals surface area contributed by atoms with E-state index in [0.717, 1.165) is 0 Å². The Kier molecular flexibility index (Phi) is 5.73. The highest BCUT2D eigenvalue weighted by atomic mass is 19.1. The standard InChI is InChI=1S/C17H17FN2O4/c1-23-13-7-8-15(24-2)14(10-13)17(22)20-19-16(21)9-11-3-5-12(18)6-4-11/h3-8,10H,9H2,1-2H3,(H,19,21)(H,20,22). The molecule has 126 valence electrons. The Labute approximate surface area is 138 Å². The molecule has 2 amide bonds. The molecule has 0 fully saturated rings. The summed E-state index contributed by atoms with van der Waals surface area (Å²) >= 11 is 0. The number of carbonyl (C=O) groups is 2. The van der Waals surface area contributed by atoms with Crippen molar-refractivity contribution in [2.75, 3.05) is 14.2 Å². The van der Waals surface area contributed by atoms with Crippen molar-refractivity contribution in [2.24, 2.45) is 0 Å². The second-order valence-electron chi connectivity index (χ2n) is 4.87. The third kappa shape index (κ3) is 4.45. The summed E-state index contributed by atoms with van der Waals surface area (Å²) in [6.07, 6.45) is 0.00973. The van der Waals surface area contributed by atoms with E-state index in [1.807, 2.05) is 0 Å². The number of ether oxygens (including phenoxy) is 2. The molecule has 0 unspecified atom stereocenters. The first-order valence-electron chi connectivity index (χ1n) is 7.09. The van der Waals surface area contributed by atoms with Crippen LogP contribution in [0.3, 0.4) is 0 Å². The number of carbonyl (C=O) groups excluding carboxylic acids is 2. The molecule has 2 aromatic carbocycles. The lowest BCUT2D eigenvalue weighted by Crippen LogP contribution is -2.42. The van der Waals surface area contributed by atoms with Gasteiger partial charge in [0.05, 0.1) is 26.2 Å². The van der Waals surface area contributed by atoms with Gasteiger partial charge in [0.15, 0.2) is 0 Å². The van der Waals surface area contributed by atoms with Crippen molar-refractivity contribution in [2.45, 2.75) is 6.42 Å². The van der Waals surface area contributed by atoms with Gasteiger partial charge in [-0.2, -0.15) is 0 Å². The Bertz CT molecular complexity index is 732. The van der Waals surface area contributed by atoms with Crippen LogP contribution in [-0.2, 0) is 11.2 Å². The minimum Gasteiger partial charge on any atom is -0.497 e. The number of nitrogens with one attached hydrogen (secondary N) is 2. The monoisotopic (exact) mass is 332 g/mol. The first kappa shape index (κ1) is 17.3. The first-order chi connectivity index (χ1) is 11.5. The van der Waals surface area contributed by atoms with E-state index >= 15 is 0 Å². The minimum atomic E-state index is -0.543. The molecule has 0 atom stereocenters. The van der Waals surface area contributed by atoms with Crippen molar-refractivity contribution >= 4 is 11.8 Å². The molecule has 0 saturated carbocycles. The first-order valence-corrected chi connectivity index (χ1v) is 7.09. The Morgan fingerprint density at radius 3 is 2.33 bits per heavy atom. The van der Waals surface area contributed by atoms with E-state index in [1.165, 1.54) is 44.6 Å². The van der Waals surface area contributed by atoms with Crippen LogP contribution in [0.25, 0.3) is 0 Å². The van der Waals surface area contributed by atoms with E-state index in [-0.39, 0.29) is 17.8 Å². The maximum Gasteiger partial charge on any atom is 0.273 e. The Balaban J connectivity index is 1.97. The van der Waals surface area contributed by atoms with E-state index in [0.29, 0.717) is 17.1 Å². The SMILES string of the molecule is COc1ccc(OC)c(C(=O)NNC(=O)Cc2ccc(F)cc2)c1. The molecule has 2 rings (SSSR count). The fourth-order valence-electron chi connectivity index (χ4n) is 2.02. The number of methoxy groups -OCH3 is 2. The fraction of sp³-hybridized carbons (Fsp3) is 0.176. The van der Waals surface area contributed by atoms with Crippen molar-refractivity contribution in [3.05, 3.63) is 59.4 Å². The highest BCUT2D eigenvalue weighted by molar-refractivity contribution is 5.98. The topological polar surface area (TPSA) is 76.7 Å². The molecule has 24 heavy (non-hydrogen) atoms. The molecule has 0 spiro atoms. The van der Waals surface area contributed by atoms with Crippen molar-refractivity contribution in [3.8, 4) is 11.5 Å². The molecule has 2 N–H and O–H groups in total. The largest absolute Gasteiger partial charge is 0.497 e. The molecule has 7 heteroatoms. The van der Waals surface area contributed by atoms with Crippen molar-refractivity contribution in [3.63, 3.8) is 0 Å². The summed E-state index contributed by atoms with van der Waals surface area (Å²) in [5.74, 6) is -0.521. The lowest BCUT2D eigenvalue weighted by Gasteiger charge is -2.11. The van der Waals surface area contributed by atoms with E-state index < -0.39 is 11.8 Å². The van der Waals surface area contributed by atoms with Crippen LogP contribution in [0.1, 0.15) is 15.9 Å². The van der Waals surface area contributed by atoms with Gasteiger partial charge >= 0.3 is 0 Å². The Morgan fingerprint density at radius 1 is 1.00 bits per heavy atom. The highest BCUT2D eigenvalue weighted by Crippen LogP contribution is 2.23. The van der Waals surface area contributed by atoms with Crippen LogP contribution in [0.5, 0.6) is 11.5 Å². The second-order valence-corrected chi connectivity index (χ2v) is 4.87. The van der Waals surface area contributed by atoms with Gasteiger partial charge in [-0.15, -0.1) is 0 Å². The predicted molar refractivity (Wildman–Crippen MR) is 85.3 cm³/mol. The average molecular weight is 332 g/mol. The minimum absolute atomic E-state index is 0.00973. The fourth-order valence-corrected chi connectivity index (χ4v) is 2.02. The number of hydrazine groups is 1. The van der Waals surface area contributed by atoms with E-state index in [2.05, 4.69) is 10.9 Å². The van der Waals surface area contributed by atoms with Gasteiger partial charge in [-0.05, 0) is 35.9 Å². The van der Waals surface area contributed by atoms with Gasteiger partial charge in [0, 0.05) is 0 Å². The zero-order valence-corrected chi connectivity index (χ0v) is 13.3. The van der Waals surface area contributed by atoms with Crippen LogP contribution in [0.2, 0.25) is 0 Å².